The molecule has 2 heterocycles. The third-order valence-electron chi connectivity index (χ3n) is 5.79. The van der Waals surface area contributed by atoms with Crippen LogP contribution in [-0.4, -0.2) is 57.1 Å². The van der Waals surface area contributed by atoms with E-state index in [0.717, 1.165) is 63.4 Å². The van der Waals surface area contributed by atoms with Crippen LogP contribution in [0, 0.1) is 12.8 Å². The lowest BCUT2D eigenvalue weighted by Gasteiger charge is -2.38. The van der Waals surface area contributed by atoms with E-state index in [4.69, 9.17) is 4.42 Å². The molecule has 6 nitrogen and oxygen atoms in total. The number of oxazole rings is 1. The standard InChI is InChI=1S/C19H31N3O3/c1-14-4-7-19(24,8-5-14)13-21-9-6-17(11-21)22(16(3)23)12-18-20-10-15(2)25-18/h10,14,17,24H,4-9,11-13H2,1-3H3. The maximum absolute atomic E-state index is 12.1. The lowest BCUT2D eigenvalue weighted by atomic mass is 9.79. The van der Waals surface area contributed by atoms with Crippen LogP contribution in [0.25, 0.3) is 0 Å². The molecule has 0 radical (unpaired) electrons. The highest BCUT2D eigenvalue weighted by Crippen LogP contribution is 2.33. The van der Waals surface area contributed by atoms with E-state index in [1.54, 1.807) is 13.1 Å². The Kier molecular flexibility index (Phi) is 5.49. The van der Waals surface area contributed by atoms with Crippen LogP contribution in [0.4, 0.5) is 0 Å². The van der Waals surface area contributed by atoms with Gasteiger partial charge in [0.05, 0.1) is 18.3 Å². The maximum atomic E-state index is 12.1. The zero-order chi connectivity index (χ0) is 18.0. The summed E-state index contributed by atoms with van der Waals surface area (Å²) in [5, 5.41) is 10.9. The normalized spacial score (nSPS) is 30.6. The van der Waals surface area contributed by atoms with Crippen molar-refractivity contribution >= 4 is 5.91 Å². The minimum atomic E-state index is -0.553. The summed E-state index contributed by atoms with van der Waals surface area (Å²) in [4.78, 5) is 20.5. The number of likely N-dealkylation sites (tertiary alicyclic amines) is 1. The molecule has 6 heteroatoms. The maximum Gasteiger partial charge on any atom is 0.220 e. The fourth-order valence-electron chi connectivity index (χ4n) is 4.20. The van der Waals surface area contributed by atoms with Crippen LogP contribution in [0.5, 0.6) is 0 Å². The highest BCUT2D eigenvalue weighted by Gasteiger charge is 2.37. The van der Waals surface area contributed by atoms with Crippen molar-refractivity contribution in [2.45, 2.75) is 71.1 Å². The van der Waals surface area contributed by atoms with Gasteiger partial charge in [0, 0.05) is 32.6 Å². The molecule has 25 heavy (non-hydrogen) atoms. The molecule has 1 saturated carbocycles. The number of rotatable bonds is 5. The van der Waals surface area contributed by atoms with E-state index in [0.29, 0.717) is 12.4 Å². The Morgan fingerprint density at radius 3 is 2.76 bits per heavy atom. The summed E-state index contributed by atoms with van der Waals surface area (Å²) in [6.45, 7) is 8.62. The van der Waals surface area contributed by atoms with Gasteiger partial charge >= 0.3 is 0 Å². The van der Waals surface area contributed by atoms with E-state index < -0.39 is 5.60 Å². The number of nitrogens with zero attached hydrogens (tertiary/aromatic N) is 3. The van der Waals surface area contributed by atoms with Crippen molar-refractivity contribution in [3.8, 4) is 0 Å². The smallest absolute Gasteiger partial charge is 0.220 e. The van der Waals surface area contributed by atoms with Gasteiger partial charge in [0.25, 0.3) is 0 Å². The van der Waals surface area contributed by atoms with Crippen LogP contribution in [0.2, 0.25) is 0 Å². The molecule has 0 aromatic carbocycles. The zero-order valence-electron chi connectivity index (χ0n) is 15.7. The average molecular weight is 349 g/mol. The van der Waals surface area contributed by atoms with Gasteiger partial charge in [-0.25, -0.2) is 4.98 Å². The molecule has 1 aromatic rings. The Balaban J connectivity index is 1.57. The molecule has 1 aromatic heterocycles. The van der Waals surface area contributed by atoms with Crippen molar-refractivity contribution in [2.75, 3.05) is 19.6 Å². The Morgan fingerprint density at radius 1 is 1.44 bits per heavy atom. The van der Waals surface area contributed by atoms with E-state index in [1.165, 1.54) is 0 Å². The van der Waals surface area contributed by atoms with E-state index in [-0.39, 0.29) is 11.9 Å². The predicted molar refractivity (Wildman–Crippen MR) is 94.9 cm³/mol. The number of aryl methyl sites for hydroxylation is 1. The van der Waals surface area contributed by atoms with Crippen molar-refractivity contribution in [3.05, 3.63) is 17.8 Å². The van der Waals surface area contributed by atoms with Crippen molar-refractivity contribution in [2.24, 2.45) is 5.92 Å². The average Bonchev–Trinajstić information content (AvgIpc) is 3.17. The largest absolute Gasteiger partial charge is 0.444 e. The fourth-order valence-corrected chi connectivity index (χ4v) is 4.20. The van der Waals surface area contributed by atoms with Gasteiger partial charge in [-0.2, -0.15) is 0 Å². The van der Waals surface area contributed by atoms with Gasteiger partial charge in [-0.05, 0) is 44.9 Å². The van der Waals surface area contributed by atoms with Gasteiger partial charge in [-0.1, -0.05) is 6.92 Å². The number of amides is 1. The molecule has 1 aliphatic heterocycles. The highest BCUT2D eigenvalue weighted by atomic mass is 16.4. The number of hydrogen-bond acceptors (Lipinski definition) is 5. The fraction of sp³-hybridized carbons (Fsp3) is 0.789. The molecule has 1 amide bonds. The number of aromatic nitrogens is 1. The molecule has 1 aliphatic carbocycles. The quantitative estimate of drug-likeness (QED) is 0.884. The van der Waals surface area contributed by atoms with Gasteiger partial charge in [0.1, 0.15) is 5.76 Å². The van der Waals surface area contributed by atoms with Gasteiger partial charge < -0.3 is 14.4 Å². The Bertz CT molecular complexity index is 592. The number of carbonyl (C=O) groups excluding carboxylic acids is 1. The van der Waals surface area contributed by atoms with Crippen LogP contribution in [0.15, 0.2) is 10.6 Å². The molecular weight excluding hydrogens is 318 g/mol. The molecule has 2 fully saturated rings. The Hall–Kier alpha value is -1.40. The second kappa shape index (κ2) is 7.46. The minimum absolute atomic E-state index is 0.0490. The number of hydrogen-bond donors (Lipinski definition) is 1. The Morgan fingerprint density at radius 2 is 2.16 bits per heavy atom. The van der Waals surface area contributed by atoms with Gasteiger partial charge in [-0.3, -0.25) is 9.69 Å². The lowest BCUT2D eigenvalue weighted by molar-refractivity contribution is -0.132. The van der Waals surface area contributed by atoms with Crippen LogP contribution >= 0.6 is 0 Å². The van der Waals surface area contributed by atoms with Crippen LogP contribution < -0.4 is 0 Å². The third kappa shape index (κ3) is 4.61. The summed E-state index contributed by atoms with van der Waals surface area (Å²) >= 11 is 0. The zero-order valence-corrected chi connectivity index (χ0v) is 15.7. The van der Waals surface area contributed by atoms with Crippen molar-refractivity contribution in [1.82, 2.24) is 14.8 Å². The minimum Gasteiger partial charge on any atom is -0.444 e. The van der Waals surface area contributed by atoms with Gasteiger partial charge in [0.15, 0.2) is 0 Å². The SMILES string of the molecule is CC(=O)N(Cc1ncc(C)o1)C1CCN(CC2(O)CCC(C)CC2)C1. The number of β-amino-alcohol motifs (C(OH)–C–C–N with tert-alkyl or cyclic N) is 1. The summed E-state index contributed by atoms with van der Waals surface area (Å²) in [5.74, 6) is 2.13. The summed E-state index contributed by atoms with van der Waals surface area (Å²) in [6.07, 6.45) is 6.62. The van der Waals surface area contributed by atoms with Crippen molar-refractivity contribution < 1.29 is 14.3 Å². The summed E-state index contributed by atoms with van der Waals surface area (Å²) in [5.41, 5.74) is -0.553. The van der Waals surface area contributed by atoms with Crippen LogP contribution in [0.1, 0.15) is 57.6 Å². The summed E-state index contributed by atoms with van der Waals surface area (Å²) in [7, 11) is 0. The summed E-state index contributed by atoms with van der Waals surface area (Å²) < 4.78 is 5.54. The highest BCUT2D eigenvalue weighted by molar-refractivity contribution is 5.73. The molecule has 3 rings (SSSR count). The number of carbonyl (C=O) groups is 1. The molecule has 140 valence electrons. The van der Waals surface area contributed by atoms with E-state index in [9.17, 15) is 9.90 Å². The second-order valence-corrected chi connectivity index (χ2v) is 8.10. The first-order valence-corrected chi connectivity index (χ1v) is 9.48. The van der Waals surface area contributed by atoms with E-state index in [1.807, 2.05) is 11.8 Å². The Labute approximate surface area is 150 Å². The molecule has 1 saturated heterocycles. The molecule has 2 aliphatic rings. The second-order valence-electron chi connectivity index (χ2n) is 8.10. The number of aliphatic hydroxyl groups is 1. The molecule has 1 unspecified atom stereocenters. The van der Waals surface area contributed by atoms with Crippen LogP contribution in [0.3, 0.4) is 0 Å². The monoisotopic (exact) mass is 349 g/mol. The van der Waals surface area contributed by atoms with E-state index >= 15 is 0 Å². The van der Waals surface area contributed by atoms with E-state index in [2.05, 4.69) is 16.8 Å². The van der Waals surface area contributed by atoms with Crippen LogP contribution in [-0.2, 0) is 11.3 Å². The van der Waals surface area contributed by atoms with Crippen molar-refractivity contribution in [3.63, 3.8) is 0 Å². The summed E-state index contributed by atoms with van der Waals surface area (Å²) in [6, 6.07) is 0.163. The van der Waals surface area contributed by atoms with Gasteiger partial charge in [0.2, 0.25) is 11.8 Å². The molecule has 1 atom stereocenters. The first-order chi connectivity index (χ1) is 11.8. The first-order valence-electron chi connectivity index (χ1n) is 9.48. The van der Waals surface area contributed by atoms with Crippen molar-refractivity contribution in [1.29, 1.82) is 0 Å². The molecular formula is C19H31N3O3. The third-order valence-corrected chi connectivity index (χ3v) is 5.79. The first kappa shape index (κ1) is 18.4. The lowest BCUT2D eigenvalue weighted by Crippen LogP contribution is -2.46. The molecule has 1 N–H and O–H groups in total. The molecule has 0 bridgehead atoms. The topological polar surface area (TPSA) is 69.8 Å². The van der Waals surface area contributed by atoms with Gasteiger partial charge in [-0.15, -0.1) is 0 Å². The predicted octanol–water partition coefficient (Wildman–Crippen LogP) is 2.35. The molecule has 0 spiro atoms.